The molecule has 0 radical (unpaired) electrons. The van der Waals surface area contributed by atoms with E-state index in [4.69, 9.17) is 14.2 Å². The molecule has 150 valence electrons. The van der Waals surface area contributed by atoms with Crippen LogP contribution in [0.5, 0.6) is 17.2 Å². The Morgan fingerprint density at radius 1 is 1.07 bits per heavy atom. The Kier molecular flexibility index (Phi) is 6.50. The minimum absolute atomic E-state index is 0.253. The van der Waals surface area contributed by atoms with E-state index in [1.807, 2.05) is 12.1 Å². The molecule has 0 unspecified atom stereocenters. The number of H-pyrrole nitrogens is 1. The molecule has 2 aromatic carbocycles. The fraction of sp³-hybridized carbons (Fsp3) is 0.150. The molecule has 2 N–H and O–H groups in total. The fourth-order valence-electron chi connectivity index (χ4n) is 2.62. The number of hydrazone groups is 1. The van der Waals surface area contributed by atoms with Gasteiger partial charge in [-0.15, -0.1) is 0 Å². The Hall–Kier alpha value is -3.33. The zero-order valence-corrected chi connectivity index (χ0v) is 17.6. The summed E-state index contributed by atoms with van der Waals surface area (Å²) in [6.45, 7) is 0. The smallest absolute Gasteiger partial charge is 0.289 e. The molecule has 3 aromatic rings. The maximum atomic E-state index is 12.4. The van der Waals surface area contributed by atoms with Gasteiger partial charge >= 0.3 is 0 Å². The summed E-state index contributed by atoms with van der Waals surface area (Å²) in [5.41, 5.74) is 4.68. The van der Waals surface area contributed by atoms with E-state index in [-0.39, 0.29) is 5.69 Å². The highest BCUT2D eigenvalue weighted by Crippen LogP contribution is 2.32. The molecule has 1 amide bonds. The zero-order valence-electron chi connectivity index (χ0n) is 16.0. The number of methoxy groups -OCH3 is 3. The highest BCUT2D eigenvalue weighted by Gasteiger charge is 2.14. The minimum atomic E-state index is -0.434. The number of carbonyl (C=O) groups is 1. The Morgan fingerprint density at radius 2 is 1.83 bits per heavy atom. The van der Waals surface area contributed by atoms with E-state index >= 15 is 0 Å². The summed E-state index contributed by atoms with van der Waals surface area (Å²) in [6, 6.07) is 12.4. The lowest BCUT2D eigenvalue weighted by Crippen LogP contribution is -2.18. The summed E-state index contributed by atoms with van der Waals surface area (Å²) in [5, 5.41) is 10.9. The van der Waals surface area contributed by atoms with Crippen LogP contribution >= 0.6 is 15.9 Å². The van der Waals surface area contributed by atoms with E-state index in [2.05, 4.69) is 36.7 Å². The van der Waals surface area contributed by atoms with Crippen molar-refractivity contribution in [2.75, 3.05) is 21.3 Å². The highest BCUT2D eigenvalue weighted by molar-refractivity contribution is 9.10. The van der Waals surface area contributed by atoms with Gasteiger partial charge in [-0.05, 0) is 42.5 Å². The van der Waals surface area contributed by atoms with Crippen molar-refractivity contribution in [1.82, 2.24) is 15.6 Å². The van der Waals surface area contributed by atoms with Gasteiger partial charge in [-0.25, -0.2) is 5.43 Å². The van der Waals surface area contributed by atoms with Crippen LogP contribution in [0.3, 0.4) is 0 Å². The summed E-state index contributed by atoms with van der Waals surface area (Å²) >= 11 is 3.39. The number of aromatic nitrogens is 2. The lowest BCUT2D eigenvalue weighted by atomic mass is 10.1. The van der Waals surface area contributed by atoms with E-state index in [0.29, 0.717) is 34.1 Å². The summed E-state index contributed by atoms with van der Waals surface area (Å²) < 4.78 is 16.8. The topological polar surface area (TPSA) is 97.8 Å². The first kappa shape index (κ1) is 20.4. The molecule has 9 heteroatoms. The van der Waals surface area contributed by atoms with Crippen molar-refractivity contribution >= 4 is 28.1 Å². The molecule has 0 spiro atoms. The van der Waals surface area contributed by atoms with Crippen LogP contribution in [0.25, 0.3) is 11.3 Å². The SMILES string of the molecule is COc1ccc(OC)c(-c2cc(C(=O)NN=Cc3cc(Br)ccc3OC)[nH]n2)c1. The second kappa shape index (κ2) is 9.24. The molecule has 0 aliphatic carbocycles. The monoisotopic (exact) mass is 458 g/mol. The summed E-state index contributed by atoms with van der Waals surface area (Å²) in [6.07, 6.45) is 1.50. The van der Waals surface area contributed by atoms with Gasteiger partial charge in [0.15, 0.2) is 0 Å². The molecule has 0 atom stereocenters. The number of benzene rings is 2. The number of hydrogen-bond donors (Lipinski definition) is 2. The third kappa shape index (κ3) is 4.75. The van der Waals surface area contributed by atoms with Crippen molar-refractivity contribution in [2.24, 2.45) is 5.10 Å². The molecule has 0 bridgehead atoms. The van der Waals surface area contributed by atoms with Crippen LogP contribution in [0.2, 0.25) is 0 Å². The Labute approximate surface area is 176 Å². The van der Waals surface area contributed by atoms with Gasteiger partial charge in [0.05, 0.1) is 33.2 Å². The first-order valence-corrected chi connectivity index (χ1v) is 9.29. The largest absolute Gasteiger partial charge is 0.497 e. The number of ether oxygens (including phenoxy) is 3. The van der Waals surface area contributed by atoms with Crippen LogP contribution in [0, 0.1) is 0 Å². The molecule has 0 fully saturated rings. The summed E-state index contributed by atoms with van der Waals surface area (Å²) in [4.78, 5) is 12.4. The van der Waals surface area contributed by atoms with Crippen molar-refractivity contribution in [1.29, 1.82) is 0 Å². The number of nitrogens with one attached hydrogen (secondary N) is 2. The second-order valence-electron chi connectivity index (χ2n) is 5.82. The molecule has 3 rings (SSSR count). The van der Waals surface area contributed by atoms with E-state index in [0.717, 1.165) is 4.47 Å². The molecule has 1 heterocycles. The minimum Gasteiger partial charge on any atom is -0.497 e. The number of aromatic amines is 1. The zero-order chi connectivity index (χ0) is 20.8. The predicted octanol–water partition coefficient (Wildman–Crippen LogP) is 3.63. The van der Waals surface area contributed by atoms with Gasteiger partial charge in [0.25, 0.3) is 5.91 Å². The molecular formula is C20H19BrN4O4. The molecule has 0 aliphatic rings. The molecule has 8 nitrogen and oxygen atoms in total. The second-order valence-corrected chi connectivity index (χ2v) is 6.73. The van der Waals surface area contributed by atoms with Gasteiger partial charge in [-0.2, -0.15) is 10.2 Å². The van der Waals surface area contributed by atoms with Gasteiger partial charge in [0.2, 0.25) is 0 Å². The van der Waals surface area contributed by atoms with Gasteiger partial charge in [-0.3, -0.25) is 9.89 Å². The van der Waals surface area contributed by atoms with Crippen LogP contribution in [-0.2, 0) is 0 Å². The number of hydrogen-bond acceptors (Lipinski definition) is 6. The van der Waals surface area contributed by atoms with Crippen molar-refractivity contribution in [3.8, 4) is 28.5 Å². The van der Waals surface area contributed by atoms with E-state index in [1.165, 1.54) is 6.21 Å². The summed E-state index contributed by atoms with van der Waals surface area (Å²) in [5.74, 6) is 1.47. The number of rotatable bonds is 7. The van der Waals surface area contributed by atoms with Crippen molar-refractivity contribution in [2.45, 2.75) is 0 Å². The van der Waals surface area contributed by atoms with Crippen LogP contribution in [0.4, 0.5) is 0 Å². The first-order valence-electron chi connectivity index (χ1n) is 8.50. The van der Waals surface area contributed by atoms with Crippen molar-refractivity contribution in [3.63, 3.8) is 0 Å². The van der Waals surface area contributed by atoms with E-state index in [1.54, 1.807) is 51.7 Å². The van der Waals surface area contributed by atoms with Gasteiger partial charge in [0.1, 0.15) is 22.9 Å². The normalized spacial score (nSPS) is 10.8. The maximum absolute atomic E-state index is 12.4. The Morgan fingerprint density at radius 3 is 2.55 bits per heavy atom. The fourth-order valence-corrected chi connectivity index (χ4v) is 3.00. The van der Waals surface area contributed by atoms with E-state index < -0.39 is 5.91 Å². The average molecular weight is 459 g/mol. The lowest BCUT2D eigenvalue weighted by Gasteiger charge is -2.08. The molecule has 29 heavy (non-hydrogen) atoms. The van der Waals surface area contributed by atoms with Gasteiger partial charge in [-0.1, -0.05) is 15.9 Å². The van der Waals surface area contributed by atoms with Gasteiger partial charge < -0.3 is 14.2 Å². The molecule has 0 aliphatic heterocycles. The van der Waals surface area contributed by atoms with Crippen molar-refractivity contribution < 1.29 is 19.0 Å². The third-order valence-corrected chi connectivity index (χ3v) is 4.56. The predicted molar refractivity (Wildman–Crippen MR) is 113 cm³/mol. The quantitative estimate of drug-likeness (QED) is 0.416. The van der Waals surface area contributed by atoms with E-state index in [9.17, 15) is 4.79 Å². The van der Waals surface area contributed by atoms with Crippen LogP contribution in [0.1, 0.15) is 16.1 Å². The molecule has 1 aromatic heterocycles. The van der Waals surface area contributed by atoms with Crippen LogP contribution in [-0.4, -0.2) is 43.6 Å². The molecular weight excluding hydrogens is 440 g/mol. The third-order valence-electron chi connectivity index (χ3n) is 4.07. The maximum Gasteiger partial charge on any atom is 0.289 e. The number of amides is 1. The number of carbonyl (C=O) groups excluding carboxylic acids is 1. The lowest BCUT2D eigenvalue weighted by molar-refractivity contribution is 0.0950. The van der Waals surface area contributed by atoms with Crippen molar-refractivity contribution in [3.05, 3.63) is 58.2 Å². The molecule has 0 saturated heterocycles. The van der Waals surface area contributed by atoms with Crippen LogP contribution in [0.15, 0.2) is 52.0 Å². The molecule has 0 saturated carbocycles. The first-order chi connectivity index (χ1) is 14.0. The Bertz CT molecular complexity index is 1050. The average Bonchev–Trinajstić information content (AvgIpc) is 3.23. The standard InChI is InChI=1S/C20H19BrN4O4/c1-27-14-5-7-19(29-3)15(9-14)16-10-17(24-23-16)20(26)25-22-11-12-8-13(21)4-6-18(12)28-2/h4-11H,1-3H3,(H,23,24)(H,25,26). The van der Waals surface area contributed by atoms with Gasteiger partial charge in [0, 0.05) is 15.6 Å². The summed E-state index contributed by atoms with van der Waals surface area (Å²) in [7, 11) is 4.71. The number of nitrogens with zero attached hydrogens (tertiary/aromatic N) is 2. The number of halogens is 1. The van der Waals surface area contributed by atoms with Crippen LogP contribution < -0.4 is 19.6 Å². The highest BCUT2D eigenvalue weighted by atomic mass is 79.9. The Balaban J connectivity index is 1.76.